The lowest BCUT2D eigenvalue weighted by Gasteiger charge is -2.35. The first kappa shape index (κ1) is 105. The van der Waals surface area contributed by atoms with Crippen LogP contribution < -0.4 is 54.4 Å². The molecule has 1 fully saturated rings. The Morgan fingerprint density at radius 3 is 1.74 bits per heavy atom. The van der Waals surface area contributed by atoms with Crippen LogP contribution >= 0.6 is 21.6 Å². The molecule has 6 rings (SSSR count). The number of carbonyl (C=O) groups is 13. The second kappa shape index (κ2) is 60.3. The highest BCUT2D eigenvalue weighted by Crippen LogP contribution is 2.34. The van der Waals surface area contributed by atoms with Gasteiger partial charge in [-0.05, 0) is 100 Å². The number of hydrogen-bond acceptors (Lipinski definition) is 20. The third kappa shape index (κ3) is 40.2. The minimum atomic E-state index is -1.45. The summed E-state index contributed by atoms with van der Waals surface area (Å²) in [5.41, 5.74) is 20.1. The first-order valence-electron chi connectivity index (χ1n) is 45.4. The number of primary amides is 1. The highest BCUT2D eigenvalue weighted by atomic mass is 33.1. The lowest BCUT2D eigenvalue weighted by Crippen LogP contribution is -2.55. The van der Waals surface area contributed by atoms with Gasteiger partial charge in [-0.15, -0.1) is 0 Å². The number of nitrogens with zero attached hydrogens (tertiary/aromatic N) is 3. The number of benzene rings is 3. The fourth-order valence-corrected chi connectivity index (χ4v) is 17.6. The van der Waals surface area contributed by atoms with Crippen LogP contribution in [-0.4, -0.2) is 213 Å². The van der Waals surface area contributed by atoms with Gasteiger partial charge in [0, 0.05) is 137 Å². The number of nitrogens with two attached hydrogens (primary N) is 3. The van der Waals surface area contributed by atoms with E-state index < -0.39 is 138 Å². The van der Waals surface area contributed by atoms with E-state index in [-0.39, 0.29) is 146 Å². The number of Topliss-reactive ketones (excluding diaryl/α,β-unsaturated/α-hetero) is 4. The lowest BCUT2D eigenvalue weighted by atomic mass is 9.83. The largest absolute Gasteiger partial charge is 0.468 e. The highest BCUT2D eigenvalue weighted by molar-refractivity contribution is 8.76. The van der Waals surface area contributed by atoms with Crippen molar-refractivity contribution in [1.82, 2.24) is 62.0 Å². The number of hydrogen-bond donors (Lipinski definition) is 15. The molecule has 3 aromatic carbocycles. The summed E-state index contributed by atoms with van der Waals surface area (Å²) in [6, 6.07) is 19.8. The molecule has 0 spiro atoms. The maximum atomic E-state index is 15.9. The molecular weight excluding hydrogens is 1660 g/mol. The fraction of sp³-hybridized carbons (Fsp3) is 0.591. The van der Waals surface area contributed by atoms with Crippen molar-refractivity contribution < 1.29 is 72.2 Å². The molecule has 5 aromatic rings. The molecule has 0 bridgehead atoms. The van der Waals surface area contributed by atoms with E-state index in [2.05, 4.69) is 59.1 Å². The van der Waals surface area contributed by atoms with Gasteiger partial charge in [-0.25, -0.2) is 4.98 Å². The van der Waals surface area contributed by atoms with E-state index in [1.54, 1.807) is 47.8 Å². The van der Waals surface area contributed by atoms with Crippen molar-refractivity contribution in [3.8, 4) is 0 Å². The number of ether oxygens (including phenoxy) is 1. The number of fused-ring (bicyclic) bond motifs is 1. The van der Waals surface area contributed by atoms with Crippen LogP contribution in [0.4, 0.5) is 0 Å². The van der Waals surface area contributed by atoms with Crippen LogP contribution in [0.1, 0.15) is 248 Å². The lowest BCUT2D eigenvalue weighted by molar-refractivity contribution is -0.140. The molecule has 3 heterocycles. The smallest absolute Gasteiger partial charge is 0.293 e. The maximum Gasteiger partial charge on any atom is 0.293 e. The number of carbonyl (C=O) groups excluding carboxylic acids is 13. The van der Waals surface area contributed by atoms with E-state index >= 15 is 24.0 Å². The topological polar surface area (TPSA) is 512 Å². The van der Waals surface area contributed by atoms with Crippen LogP contribution in [0.3, 0.4) is 0 Å². The number of aliphatic hydroxyl groups excluding tert-OH is 1. The van der Waals surface area contributed by atoms with Crippen LogP contribution in [0.2, 0.25) is 0 Å². The molecular formula is C93H139N17O15S2. The summed E-state index contributed by atoms with van der Waals surface area (Å²) in [4.78, 5) is 196. The number of likely N-dealkylation sites (tertiary alicyclic amines) is 1. The Morgan fingerprint density at radius 1 is 0.598 bits per heavy atom. The number of para-hydroxylation sites is 1. The normalized spacial score (nSPS) is 14.4. The zero-order valence-corrected chi connectivity index (χ0v) is 76.1. The minimum absolute atomic E-state index is 0.0398. The Labute approximate surface area is 755 Å². The van der Waals surface area contributed by atoms with Gasteiger partial charge >= 0.3 is 0 Å². The molecule has 1 aliphatic rings. The minimum Gasteiger partial charge on any atom is -0.468 e. The monoisotopic (exact) mass is 1800 g/mol. The van der Waals surface area contributed by atoms with E-state index in [0.717, 1.165) is 42.1 Å². The van der Waals surface area contributed by atoms with Crippen molar-refractivity contribution in [3.05, 3.63) is 126 Å². The molecule has 698 valence electrons. The number of imidazole rings is 1. The number of aromatic nitrogens is 3. The first-order valence-corrected chi connectivity index (χ1v) is 48.1. The van der Waals surface area contributed by atoms with Crippen LogP contribution in [0.25, 0.3) is 10.9 Å². The molecule has 1 aliphatic heterocycles. The number of amides is 8. The van der Waals surface area contributed by atoms with Crippen molar-refractivity contribution >= 4 is 121 Å². The zero-order valence-electron chi connectivity index (χ0n) is 74.4. The van der Waals surface area contributed by atoms with Gasteiger partial charge in [0.1, 0.15) is 24.4 Å². The number of nitrogens with one attached hydrogen (secondary N) is 11. The average Bonchev–Trinajstić information content (AvgIpc) is 1.78. The Balaban J connectivity index is 1.15. The van der Waals surface area contributed by atoms with Crippen molar-refractivity contribution in [2.75, 3.05) is 57.9 Å². The van der Waals surface area contributed by atoms with Gasteiger partial charge in [-0.1, -0.05) is 204 Å². The molecule has 32 nitrogen and oxygen atoms in total. The third-order valence-corrected chi connectivity index (χ3v) is 24.9. The molecule has 9 unspecified atom stereocenters. The van der Waals surface area contributed by atoms with Gasteiger partial charge < -0.3 is 84.0 Å². The maximum absolute atomic E-state index is 15.9. The molecule has 9 atom stereocenters. The number of aromatic amines is 2. The Bertz CT molecular complexity index is 4200. The number of ketones is 4. The summed E-state index contributed by atoms with van der Waals surface area (Å²) < 4.78 is 4.71. The van der Waals surface area contributed by atoms with E-state index in [1.807, 2.05) is 60.7 Å². The number of aliphatic hydroxyl groups is 1. The standard InChI is InChI=1S/C93H139N17O15S2/c1-4-5-6-7-8-9-10-11-12-13-14-15-18-29-46-100-83(119)60-109(59-81(94)117)84(120)45-26-17-16-25-43-78(114)76(53-70-57-103-75-42-28-27-41-74(70)75)105-89(122)68(39-31-48-102-93(97)98)54-79(115)77(61-127-126-3)106-88(121)67(38-30-47-101-92(95)96)52-73(113)56-72-40-32-49-110(72)91(124)87(85(65-34-21-19-22-35-65)66-36-23-20-24-37-66)108-90(123)69(51-71-58-99-62-104-71)55-80(116)86(64(2)112)107-82(118)44-33-50-125-63-111/h19-24,27-28,34-37,41-42,57-58,62-64,67-69,72,76-77,85-87,103,112H,4-18,25-26,29-33,38-40,43-56,59-61H2,1-3H3,(H2,94,117)(H,99,104)(H,100,119)(H,105,122)(H,106,121)(H,107,118)(H,108,123)(H4,95,96,101)(H4,97,98,102). The van der Waals surface area contributed by atoms with Crippen LogP contribution in [0.5, 0.6) is 0 Å². The summed E-state index contributed by atoms with van der Waals surface area (Å²) in [5.74, 6) is -11.3. The van der Waals surface area contributed by atoms with Crippen molar-refractivity contribution in [2.45, 2.75) is 274 Å². The second-order valence-electron chi connectivity index (χ2n) is 33.3. The molecule has 34 heteroatoms. The molecule has 0 radical (unpaired) electrons. The Hall–Kier alpha value is -10.5. The summed E-state index contributed by atoms with van der Waals surface area (Å²) >= 11 is 0. The second-order valence-corrected chi connectivity index (χ2v) is 35.9. The van der Waals surface area contributed by atoms with Crippen molar-refractivity contribution in [1.29, 1.82) is 10.8 Å². The molecule has 8 amide bonds. The van der Waals surface area contributed by atoms with Gasteiger partial charge in [0.05, 0.1) is 49.3 Å². The average molecular weight is 1800 g/mol. The molecule has 2 aromatic heterocycles. The van der Waals surface area contributed by atoms with Crippen LogP contribution in [0.15, 0.2) is 104 Å². The summed E-state index contributed by atoms with van der Waals surface area (Å²) in [6.07, 6.45) is 24.0. The van der Waals surface area contributed by atoms with E-state index in [0.29, 0.717) is 61.9 Å². The van der Waals surface area contributed by atoms with Crippen molar-refractivity contribution in [2.24, 2.45) is 35.0 Å². The molecule has 0 aliphatic carbocycles. The first-order chi connectivity index (χ1) is 61.3. The molecule has 127 heavy (non-hydrogen) atoms. The zero-order chi connectivity index (χ0) is 92.1. The van der Waals surface area contributed by atoms with E-state index in [9.17, 15) is 43.5 Å². The van der Waals surface area contributed by atoms with Crippen LogP contribution in [-0.2, 0) is 79.9 Å². The number of rotatable bonds is 69. The predicted octanol–water partition coefficient (Wildman–Crippen LogP) is 9.25. The summed E-state index contributed by atoms with van der Waals surface area (Å²) in [5, 5.41) is 47.4. The number of H-pyrrole nitrogens is 2. The van der Waals surface area contributed by atoms with Gasteiger partial charge in [0.2, 0.25) is 47.3 Å². The summed E-state index contributed by atoms with van der Waals surface area (Å²) in [7, 11) is 2.63. The highest BCUT2D eigenvalue weighted by Gasteiger charge is 2.43. The summed E-state index contributed by atoms with van der Waals surface area (Å²) in [6.45, 7) is 3.99. The number of guanidine groups is 2. The molecule has 0 saturated carbocycles. The Morgan fingerprint density at radius 2 is 1.16 bits per heavy atom. The van der Waals surface area contributed by atoms with Crippen molar-refractivity contribution in [3.63, 3.8) is 0 Å². The van der Waals surface area contributed by atoms with Gasteiger partial charge in [-0.3, -0.25) is 73.1 Å². The molecule has 18 N–H and O–H groups in total. The van der Waals surface area contributed by atoms with E-state index in [4.69, 9.17) is 32.8 Å². The Kier molecular flexibility index (Phi) is 50.0. The van der Waals surface area contributed by atoms with E-state index in [1.165, 1.54) is 104 Å². The predicted molar refractivity (Wildman–Crippen MR) is 494 cm³/mol. The quantitative estimate of drug-likeness (QED) is 0.00566. The van der Waals surface area contributed by atoms with Gasteiger partial charge in [-0.2, -0.15) is 0 Å². The number of unbranched alkanes of at least 4 members (excludes halogenated alkanes) is 16. The van der Waals surface area contributed by atoms with Gasteiger partial charge in [0.15, 0.2) is 29.3 Å². The van der Waals surface area contributed by atoms with Crippen LogP contribution in [0, 0.1) is 28.6 Å². The fourth-order valence-electron chi connectivity index (χ4n) is 16.3. The third-order valence-electron chi connectivity index (χ3n) is 23.1. The SMILES string of the molecule is CCCCCCCCCCCCCCCCNC(=O)CN(CC(N)=O)C(=O)CCCCCCC(=O)C(Cc1c[nH]c2ccccc12)NC(=O)C(CCCNC(=N)N)CC(=O)C(CSSC)NC(=O)C(CCCNC(=N)N)CC(=O)CC1CCCN1C(=O)C(NC(=O)C(CC(=O)C(NC(=O)CCCOC=O)C(C)O)Cc1c[nH]cn1)C(c1ccccc1)c1ccccc1. The molecule has 1 saturated heterocycles. The van der Waals surface area contributed by atoms with Gasteiger partial charge in [0.25, 0.3) is 6.47 Å².